The zero-order valence-electron chi connectivity index (χ0n) is 14.0. The van der Waals surface area contributed by atoms with Crippen LogP contribution >= 0.6 is 11.6 Å². The molecule has 8 heteroatoms. The molecule has 0 aliphatic carbocycles. The lowest BCUT2D eigenvalue weighted by molar-refractivity contribution is -0.120. The number of hydrogen-bond acceptors (Lipinski definition) is 4. The molecule has 0 aromatic heterocycles. The Bertz CT molecular complexity index is 793. The number of amides is 3. The third-order valence-electron chi connectivity index (χ3n) is 3.24. The molecule has 2 rings (SSSR count). The first-order valence-corrected chi connectivity index (χ1v) is 8.23. The minimum Gasteiger partial charge on any atom is -0.494 e. The van der Waals surface area contributed by atoms with Gasteiger partial charge in [0.1, 0.15) is 5.75 Å². The quantitative estimate of drug-likeness (QED) is 0.672. The molecule has 0 heterocycles. The average molecular weight is 376 g/mol. The van der Waals surface area contributed by atoms with Crippen molar-refractivity contribution in [2.24, 2.45) is 0 Å². The summed E-state index contributed by atoms with van der Waals surface area (Å²) in [5, 5.41) is 2.87. The van der Waals surface area contributed by atoms with Crippen molar-refractivity contribution in [2.45, 2.75) is 6.92 Å². The van der Waals surface area contributed by atoms with Crippen LogP contribution in [0.2, 0.25) is 5.02 Å². The number of rotatable bonds is 6. The minimum atomic E-state index is -0.570. The highest BCUT2D eigenvalue weighted by Gasteiger charge is 2.10. The van der Waals surface area contributed by atoms with Crippen molar-refractivity contribution in [1.82, 2.24) is 16.2 Å². The summed E-state index contributed by atoms with van der Waals surface area (Å²) in [7, 11) is 0. The predicted octanol–water partition coefficient (Wildman–Crippen LogP) is 1.93. The molecule has 2 aromatic rings. The Morgan fingerprint density at radius 3 is 2.35 bits per heavy atom. The fraction of sp³-hybridized carbons (Fsp3) is 0.167. The molecular formula is C18H18ClN3O4. The highest BCUT2D eigenvalue weighted by Crippen LogP contribution is 2.12. The van der Waals surface area contributed by atoms with Gasteiger partial charge in [-0.05, 0) is 49.4 Å². The Labute approximate surface area is 155 Å². The normalized spacial score (nSPS) is 9.92. The van der Waals surface area contributed by atoms with E-state index in [2.05, 4.69) is 16.2 Å². The minimum absolute atomic E-state index is 0.290. The van der Waals surface area contributed by atoms with Crippen LogP contribution in [0.25, 0.3) is 0 Å². The Kier molecular flexibility index (Phi) is 6.99. The van der Waals surface area contributed by atoms with Crippen LogP contribution in [0.4, 0.5) is 0 Å². The number of halogens is 1. The van der Waals surface area contributed by atoms with Crippen molar-refractivity contribution < 1.29 is 19.1 Å². The van der Waals surface area contributed by atoms with Crippen molar-refractivity contribution in [2.75, 3.05) is 13.2 Å². The summed E-state index contributed by atoms with van der Waals surface area (Å²) in [5.41, 5.74) is 5.16. The second kappa shape index (κ2) is 9.43. The summed E-state index contributed by atoms with van der Waals surface area (Å²) in [5.74, 6) is -0.840. The van der Waals surface area contributed by atoms with Gasteiger partial charge in [-0.3, -0.25) is 25.2 Å². The topological polar surface area (TPSA) is 96.5 Å². The molecule has 0 aliphatic rings. The lowest BCUT2D eigenvalue weighted by Crippen LogP contribution is -2.46. The van der Waals surface area contributed by atoms with Gasteiger partial charge in [-0.15, -0.1) is 0 Å². The molecule has 0 aliphatic heterocycles. The van der Waals surface area contributed by atoms with Gasteiger partial charge >= 0.3 is 0 Å². The molecule has 0 unspecified atom stereocenters. The van der Waals surface area contributed by atoms with Gasteiger partial charge in [-0.1, -0.05) is 17.7 Å². The van der Waals surface area contributed by atoms with Crippen molar-refractivity contribution >= 4 is 29.3 Å². The molecule has 0 fully saturated rings. The molecule has 0 saturated heterocycles. The third kappa shape index (κ3) is 5.78. The number of ether oxygens (including phenoxy) is 1. The Morgan fingerprint density at radius 2 is 1.69 bits per heavy atom. The Balaban J connectivity index is 1.77. The predicted molar refractivity (Wildman–Crippen MR) is 97.0 cm³/mol. The zero-order valence-corrected chi connectivity index (χ0v) is 14.8. The van der Waals surface area contributed by atoms with Crippen LogP contribution in [-0.4, -0.2) is 30.9 Å². The van der Waals surface area contributed by atoms with Crippen molar-refractivity contribution in [3.63, 3.8) is 0 Å². The number of hydrogen-bond donors (Lipinski definition) is 3. The van der Waals surface area contributed by atoms with Gasteiger partial charge in [0.15, 0.2) is 0 Å². The number of nitrogens with one attached hydrogen (secondary N) is 3. The van der Waals surface area contributed by atoms with Crippen LogP contribution < -0.4 is 20.9 Å². The van der Waals surface area contributed by atoms with E-state index >= 15 is 0 Å². The first kappa shape index (κ1) is 19.3. The molecule has 2 aromatic carbocycles. The molecule has 0 atom stereocenters. The van der Waals surface area contributed by atoms with E-state index in [1.807, 2.05) is 6.92 Å². The van der Waals surface area contributed by atoms with Gasteiger partial charge in [-0.25, -0.2) is 0 Å². The molecular weight excluding hydrogens is 358 g/mol. The zero-order chi connectivity index (χ0) is 18.9. The van der Waals surface area contributed by atoms with Gasteiger partial charge in [0.2, 0.25) is 0 Å². The van der Waals surface area contributed by atoms with E-state index in [0.717, 1.165) is 0 Å². The van der Waals surface area contributed by atoms with Crippen molar-refractivity contribution in [3.05, 3.63) is 64.7 Å². The number of hydrazine groups is 1. The maximum Gasteiger partial charge on any atom is 0.269 e. The van der Waals surface area contributed by atoms with E-state index < -0.39 is 17.7 Å². The van der Waals surface area contributed by atoms with Gasteiger partial charge in [-0.2, -0.15) is 0 Å². The van der Waals surface area contributed by atoms with Gasteiger partial charge < -0.3 is 10.1 Å². The van der Waals surface area contributed by atoms with E-state index in [4.69, 9.17) is 16.3 Å². The van der Waals surface area contributed by atoms with Crippen molar-refractivity contribution in [1.29, 1.82) is 0 Å². The fourth-order valence-electron chi connectivity index (χ4n) is 2.00. The summed E-state index contributed by atoms with van der Waals surface area (Å²) < 4.78 is 5.29. The van der Waals surface area contributed by atoms with Gasteiger partial charge in [0.05, 0.1) is 13.2 Å². The molecule has 136 valence electrons. The smallest absolute Gasteiger partial charge is 0.269 e. The van der Waals surface area contributed by atoms with E-state index in [9.17, 15) is 14.4 Å². The molecule has 7 nitrogen and oxygen atoms in total. The molecule has 0 radical (unpaired) electrons. The standard InChI is InChI=1S/C18H18ClN3O4/c1-2-26-15-8-6-12(7-9-15)17(24)20-11-16(23)21-22-18(25)13-4-3-5-14(19)10-13/h3-10H,2,11H2,1H3,(H,20,24)(H,21,23)(H,22,25). The largest absolute Gasteiger partial charge is 0.494 e. The second-order valence-corrected chi connectivity index (χ2v) is 5.59. The first-order chi connectivity index (χ1) is 12.5. The molecule has 0 bridgehead atoms. The average Bonchev–Trinajstić information content (AvgIpc) is 2.65. The Morgan fingerprint density at radius 1 is 0.962 bits per heavy atom. The summed E-state index contributed by atoms with van der Waals surface area (Å²) in [4.78, 5) is 35.6. The number of carbonyl (C=O) groups excluding carboxylic acids is 3. The Hall–Kier alpha value is -3.06. The van der Waals surface area contributed by atoms with E-state index in [0.29, 0.717) is 28.5 Å². The van der Waals surface area contributed by atoms with Crippen LogP contribution in [0, 0.1) is 0 Å². The third-order valence-corrected chi connectivity index (χ3v) is 3.47. The summed E-state index contributed by atoms with van der Waals surface area (Å²) >= 11 is 5.80. The lowest BCUT2D eigenvalue weighted by atomic mass is 10.2. The molecule has 3 N–H and O–H groups in total. The lowest BCUT2D eigenvalue weighted by Gasteiger charge is -2.09. The molecule has 26 heavy (non-hydrogen) atoms. The van der Waals surface area contributed by atoms with E-state index in [-0.39, 0.29) is 6.54 Å². The summed E-state index contributed by atoms with van der Waals surface area (Å²) in [6, 6.07) is 12.8. The van der Waals surface area contributed by atoms with Crippen LogP contribution in [0.1, 0.15) is 27.6 Å². The van der Waals surface area contributed by atoms with Gasteiger partial charge in [0.25, 0.3) is 17.7 Å². The van der Waals surface area contributed by atoms with Crippen LogP contribution in [-0.2, 0) is 4.79 Å². The summed E-state index contributed by atoms with van der Waals surface area (Å²) in [6.07, 6.45) is 0. The monoisotopic (exact) mass is 375 g/mol. The second-order valence-electron chi connectivity index (χ2n) is 5.15. The molecule has 0 saturated carbocycles. The van der Waals surface area contributed by atoms with Crippen LogP contribution in [0.5, 0.6) is 5.75 Å². The number of carbonyl (C=O) groups is 3. The first-order valence-electron chi connectivity index (χ1n) is 7.85. The van der Waals surface area contributed by atoms with Crippen LogP contribution in [0.15, 0.2) is 48.5 Å². The fourth-order valence-corrected chi connectivity index (χ4v) is 2.19. The molecule has 0 spiro atoms. The van der Waals surface area contributed by atoms with E-state index in [1.165, 1.54) is 6.07 Å². The number of benzene rings is 2. The highest BCUT2D eigenvalue weighted by molar-refractivity contribution is 6.30. The highest BCUT2D eigenvalue weighted by atomic mass is 35.5. The van der Waals surface area contributed by atoms with Crippen LogP contribution in [0.3, 0.4) is 0 Å². The molecule has 3 amide bonds. The van der Waals surface area contributed by atoms with Crippen molar-refractivity contribution in [3.8, 4) is 5.75 Å². The van der Waals surface area contributed by atoms with E-state index in [1.54, 1.807) is 42.5 Å². The maximum absolute atomic E-state index is 12.0. The maximum atomic E-state index is 12.0. The SMILES string of the molecule is CCOc1ccc(C(=O)NCC(=O)NNC(=O)c2cccc(Cl)c2)cc1. The summed E-state index contributed by atoms with van der Waals surface area (Å²) in [6.45, 7) is 2.11. The van der Waals surface area contributed by atoms with Gasteiger partial charge in [0, 0.05) is 16.1 Å².